The van der Waals surface area contributed by atoms with Gasteiger partial charge in [0.2, 0.25) is 5.91 Å². The van der Waals surface area contributed by atoms with Crippen LogP contribution in [-0.2, 0) is 11.3 Å². The molecule has 1 amide bonds. The number of nitrogens with zero attached hydrogens (tertiary/aromatic N) is 3. The molecule has 196 valence electrons. The van der Waals surface area contributed by atoms with Crippen LogP contribution in [0, 0.1) is 6.92 Å². The molecule has 0 spiro atoms. The van der Waals surface area contributed by atoms with Gasteiger partial charge in [-0.15, -0.1) is 0 Å². The van der Waals surface area contributed by atoms with Crippen LogP contribution in [0.15, 0.2) is 60.7 Å². The highest BCUT2D eigenvalue weighted by atomic mass is 16.6. The number of carbonyl (C=O) groups is 1. The second kappa shape index (κ2) is 10.0. The number of anilines is 1. The maximum atomic E-state index is 13.2. The Morgan fingerprint density at radius 1 is 1.03 bits per heavy atom. The highest BCUT2D eigenvalue weighted by Gasteiger charge is 2.35. The molecule has 1 aromatic heterocycles. The summed E-state index contributed by atoms with van der Waals surface area (Å²) in [7, 11) is 0. The number of carbonyl (C=O) groups excluding carboxylic acids is 1. The Morgan fingerprint density at radius 3 is 2.68 bits per heavy atom. The highest BCUT2D eigenvalue weighted by molar-refractivity contribution is 5.97. The largest absolute Gasteiger partial charge is 0.491 e. The van der Waals surface area contributed by atoms with E-state index < -0.39 is 0 Å². The fourth-order valence-corrected chi connectivity index (χ4v) is 5.46. The lowest BCUT2D eigenvalue weighted by atomic mass is 10.0. The second-order valence-corrected chi connectivity index (χ2v) is 10.4. The molecule has 38 heavy (non-hydrogen) atoms. The van der Waals surface area contributed by atoms with Crippen molar-refractivity contribution in [3.8, 4) is 17.2 Å². The monoisotopic (exact) mass is 511 g/mol. The highest BCUT2D eigenvalue weighted by Crippen LogP contribution is 2.38. The van der Waals surface area contributed by atoms with Crippen molar-refractivity contribution >= 4 is 22.6 Å². The molecule has 1 atom stereocenters. The third-order valence-corrected chi connectivity index (χ3v) is 7.38. The number of benzene rings is 3. The van der Waals surface area contributed by atoms with Gasteiger partial charge in [-0.25, -0.2) is 4.98 Å². The third-order valence-electron chi connectivity index (χ3n) is 7.38. The normalized spacial score (nSPS) is 17.0. The second-order valence-electron chi connectivity index (χ2n) is 10.4. The van der Waals surface area contributed by atoms with E-state index in [2.05, 4.69) is 49.6 Å². The van der Waals surface area contributed by atoms with Crippen molar-refractivity contribution in [3.05, 3.63) is 77.6 Å². The molecular weight excluding hydrogens is 478 g/mol. The summed E-state index contributed by atoms with van der Waals surface area (Å²) < 4.78 is 20.0. The summed E-state index contributed by atoms with van der Waals surface area (Å²) in [6, 6.07) is 20.3. The Kier molecular flexibility index (Phi) is 6.44. The molecule has 0 aliphatic carbocycles. The lowest BCUT2D eigenvalue weighted by Gasteiger charge is -2.22. The Balaban J connectivity index is 1.25. The van der Waals surface area contributed by atoms with Crippen molar-refractivity contribution in [3.63, 3.8) is 0 Å². The average molecular weight is 512 g/mol. The van der Waals surface area contributed by atoms with Crippen LogP contribution < -0.4 is 19.1 Å². The van der Waals surface area contributed by atoms with E-state index in [1.807, 2.05) is 41.3 Å². The number of ether oxygens (including phenoxy) is 3. The first kappa shape index (κ1) is 24.3. The number of para-hydroxylation sites is 2. The van der Waals surface area contributed by atoms with Gasteiger partial charge in [0.05, 0.1) is 17.6 Å². The third kappa shape index (κ3) is 4.57. The van der Waals surface area contributed by atoms with Gasteiger partial charge in [0.25, 0.3) is 0 Å². The van der Waals surface area contributed by atoms with Gasteiger partial charge in [0.1, 0.15) is 31.4 Å². The molecule has 0 radical (unpaired) electrons. The lowest BCUT2D eigenvalue weighted by molar-refractivity contribution is -0.117. The Bertz CT molecular complexity index is 1490. The zero-order valence-corrected chi connectivity index (χ0v) is 22.1. The summed E-state index contributed by atoms with van der Waals surface area (Å²) in [5.74, 6) is 3.72. The molecule has 2 aliphatic heterocycles. The zero-order valence-electron chi connectivity index (χ0n) is 22.1. The van der Waals surface area contributed by atoms with Gasteiger partial charge in [-0.1, -0.05) is 38.1 Å². The molecule has 6 rings (SSSR count). The summed E-state index contributed by atoms with van der Waals surface area (Å²) in [6.45, 7) is 9.24. The Labute approximate surface area is 222 Å². The molecule has 7 nitrogen and oxygen atoms in total. The molecule has 1 unspecified atom stereocenters. The number of hydrogen-bond acceptors (Lipinski definition) is 5. The number of aryl methyl sites for hydroxylation is 1. The predicted octanol–water partition coefficient (Wildman–Crippen LogP) is 5.84. The minimum absolute atomic E-state index is 0.0201. The maximum Gasteiger partial charge on any atom is 0.227 e. The fourth-order valence-electron chi connectivity index (χ4n) is 5.46. The van der Waals surface area contributed by atoms with Gasteiger partial charge in [0, 0.05) is 30.6 Å². The van der Waals surface area contributed by atoms with Gasteiger partial charge in [-0.2, -0.15) is 0 Å². The van der Waals surface area contributed by atoms with Crippen LogP contribution in [0.4, 0.5) is 5.69 Å². The standard InChI is InChI=1S/C31H33N3O4/c1-20(2)24-10-8-21(3)16-28(24)36-13-12-33-26-7-5-4-6-25(26)32-31(33)22-17-30(35)34(19-22)23-9-11-27-29(18-23)38-15-14-37-27/h4-11,16,18,20,22H,12-15,17,19H2,1-3H3. The summed E-state index contributed by atoms with van der Waals surface area (Å²) in [6.07, 6.45) is 0.411. The molecule has 0 saturated carbocycles. The minimum atomic E-state index is -0.0201. The molecule has 4 aromatic rings. The average Bonchev–Trinajstić information content (AvgIpc) is 3.49. The number of imidazole rings is 1. The fraction of sp³-hybridized carbons (Fsp3) is 0.355. The van der Waals surface area contributed by atoms with E-state index in [9.17, 15) is 4.79 Å². The van der Waals surface area contributed by atoms with E-state index in [1.165, 1.54) is 11.1 Å². The first-order valence-corrected chi connectivity index (χ1v) is 13.4. The van der Waals surface area contributed by atoms with E-state index in [-0.39, 0.29) is 11.8 Å². The summed E-state index contributed by atoms with van der Waals surface area (Å²) in [5.41, 5.74) is 5.22. The van der Waals surface area contributed by atoms with Crippen molar-refractivity contribution in [1.82, 2.24) is 9.55 Å². The molecular formula is C31H33N3O4. The van der Waals surface area contributed by atoms with E-state index in [0.717, 1.165) is 34.0 Å². The van der Waals surface area contributed by atoms with Crippen LogP contribution in [0.5, 0.6) is 17.2 Å². The molecule has 1 fully saturated rings. The van der Waals surface area contributed by atoms with Crippen molar-refractivity contribution in [2.45, 2.75) is 45.6 Å². The summed E-state index contributed by atoms with van der Waals surface area (Å²) in [5, 5.41) is 0. The topological polar surface area (TPSA) is 65.8 Å². The quantitative estimate of drug-likeness (QED) is 0.312. The van der Waals surface area contributed by atoms with Crippen LogP contribution >= 0.6 is 0 Å². The molecule has 0 N–H and O–H groups in total. The van der Waals surface area contributed by atoms with E-state index in [0.29, 0.717) is 51.0 Å². The molecule has 3 aromatic carbocycles. The van der Waals surface area contributed by atoms with Crippen LogP contribution in [0.2, 0.25) is 0 Å². The Morgan fingerprint density at radius 2 is 1.84 bits per heavy atom. The van der Waals surface area contributed by atoms with Crippen molar-refractivity contribution in [2.75, 3.05) is 31.3 Å². The van der Waals surface area contributed by atoms with Gasteiger partial charge < -0.3 is 23.7 Å². The predicted molar refractivity (Wildman–Crippen MR) is 148 cm³/mol. The number of amides is 1. The number of hydrogen-bond donors (Lipinski definition) is 0. The summed E-state index contributed by atoms with van der Waals surface area (Å²) >= 11 is 0. The SMILES string of the molecule is Cc1ccc(C(C)C)c(OCCn2c(C3CC(=O)N(c4ccc5c(c4)OCCO5)C3)nc3ccccc32)c1. The summed E-state index contributed by atoms with van der Waals surface area (Å²) in [4.78, 5) is 20.0. The number of fused-ring (bicyclic) bond motifs is 2. The molecule has 7 heteroatoms. The van der Waals surface area contributed by atoms with Gasteiger partial charge in [-0.3, -0.25) is 4.79 Å². The number of rotatable bonds is 7. The van der Waals surface area contributed by atoms with Crippen LogP contribution in [0.3, 0.4) is 0 Å². The van der Waals surface area contributed by atoms with E-state index in [4.69, 9.17) is 19.2 Å². The first-order chi connectivity index (χ1) is 18.5. The lowest BCUT2D eigenvalue weighted by Crippen LogP contribution is -2.25. The molecule has 2 aliphatic rings. The van der Waals surface area contributed by atoms with Crippen LogP contribution in [-0.4, -0.2) is 41.8 Å². The van der Waals surface area contributed by atoms with E-state index >= 15 is 0 Å². The zero-order chi connectivity index (χ0) is 26.2. The molecule has 3 heterocycles. The van der Waals surface area contributed by atoms with Gasteiger partial charge in [-0.05, 0) is 54.3 Å². The Hall–Kier alpha value is -4.00. The van der Waals surface area contributed by atoms with Gasteiger partial charge >= 0.3 is 0 Å². The molecule has 0 bridgehead atoms. The minimum Gasteiger partial charge on any atom is -0.491 e. The van der Waals surface area contributed by atoms with Crippen LogP contribution in [0.25, 0.3) is 11.0 Å². The number of aromatic nitrogens is 2. The van der Waals surface area contributed by atoms with Crippen molar-refractivity contribution in [2.24, 2.45) is 0 Å². The van der Waals surface area contributed by atoms with Crippen LogP contribution in [0.1, 0.15) is 49.1 Å². The van der Waals surface area contributed by atoms with Crippen molar-refractivity contribution < 1.29 is 19.0 Å². The first-order valence-electron chi connectivity index (χ1n) is 13.4. The molecule has 1 saturated heterocycles. The van der Waals surface area contributed by atoms with Crippen molar-refractivity contribution in [1.29, 1.82) is 0 Å². The van der Waals surface area contributed by atoms with Gasteiger partial charge in [0.15, 0.2) is 11.5 Å². The van der Waals surface area contributed by atoms with E-state index in [1.54, 1.807) is 0 Å². The smallest absolute Gasteiger partial charge is 0.227 e. The maximum absolute atomic E-state index is 13.2.